The molecule has 0 aliphatic heterocycles. The third-order valence-corrected chi connectivity index (χ3v) is 2.92. The molecule has 0 atom stereocenters. The number of ketones is 1. The lowest BCUT2D eigenvalue weighted by Crippen LogP contribution is -1.95. The van der Waals surface area contributed by atoms with Gasteiger partial charge in [0.2, 0.25) is 0 Å². The van der Waals surface area contributed by atoms with Gasteiger partial charge in [-0.15, -0.1) is 0 Å². The molecule has 0 aliphatic rings. The Labute approximate surface area is 114 Å². The van der Waals surface area contributed by atoms with E-state index in [-0.39, 0.29) is 5.78 Å². The lowest BCUT2D eigenvalue weighted by molar-refractivity contribution is 0.104. The van der Waals surface area contributed by atoms with Crippen LogP contribution < -0.4 is 5.32 Å². The number of carbonyl (C=O) groups is 1. The summed E-state index contributed by atoms with van der Waals surface area (Å²) in [4.78, 5) is 11.8. The van der Waals surface area contributed by atoms with E-state index in [2.05, 4.69) is 21.2 Å². The van der Waals surface area contributed by atoms with Crippen LogP contribution >= 0.6 is 15.9 Å². The normalized spacial score (nSPS) is 10.5. The molecular weight excluding hydrogens is 290 g/mol. The standard InChI is InChI=1S/C15H12BrNO/c16-13-6-8-14(9-7-13)17-11-10-15(18)12-4-2-1-3-5-12/h1-11,17H. The van der Waals surface area contributed by atoms with E-state index in [1.165, 1.54) is 6.08 Å². The Morgan fingerprint density at radius 3 is 2.33 bits per heavy atom. The molecule has 2 aromatic rings. The largest absolute Gasteiger partial charge is 0.362 e. The van der Waals surface area contributed by atoms with Gasteiger partial charge in [-0.1, -0.05) is 46.3 Å². The molecule has 0 bridgehead atoms. The van der Waals surface area contributed by atoms with E-state index in [9.17, 15) is 4.79 Å². The lowest BCUT2D eigenvalue weighted by Gasteiger charge is -2.00. The van der Waals surface area contributed by atoms with Crippen LogP contribution in [-0.4, -0.2) is 5.78 Å². The van der Waals surface area contributed by atoms with Gasteiger partial charge in [0.15, 0.2) is 5.78 Å². The monoisotopic (exact) mass is 301 g/mol. The molecule has 0 amide bonds. The average molecular weight is 302 g/mol. The molecule has 0 fully saturated rings. The van der Waals surface area contributed by atoms with Gasteiger partial charge in [-0.2, -0.15) is 0 Å². The maximum atomic E-state index is 11.8. The number of nitrogens with one attached hydrogen (secondary N) is 1. The zero-order valence-electron chi connectivity index (χ0n) is 9.64. The fourth-order valence-electron chi connectivity index (χ4n) is 1.46. The maximum Gasteiger partial charge on any atom is 0.187 e. The second-order valence-electron chi connectivity index (χ2n) is 3.71. The molecule has 0 heterocycles. The molecule has 3 heteroatoms. The minimum absolute atomic E-state index is 0.0137. The van der Waals surface area contributed by atoms with E-state index in [1.807, 2.05) is 42.5 Å². The van der Waals surface area contributed by atoms with Crippen LogP contribution in [0.15, 0.2) is 71.3 Å². The van der Waals surface area contributed by atoms with E-state index >= 15 is 0 Å². The minimum atomic E-state index is -0.0137. The Morgan fingerprint density at radius 1 is 1.00 bits per heavy atom. The second kappa shape index (κ2) is 6.17. The first-order chi connectivity index (χ1) is 8.75. The van der Waals surface area contributed by atoms with Crippen molar-refractivity contribution in [1.82, 2.24) is 0 Å². The number of hydrogen-bond acceptors (Lipinski definition) is 2. The van der Waals surface area contributed by atoms with Gasteiger partial charge in [0.1, 0.15) is 0 Å². The molecule has 0 spiro atoms. The third-order valence-electron chi connectivity index (χ3n) is 2.39. The molecule has 0 saturated carbocycles. The smallest absolute Gasteiger partial charge is 0.187 e. The Morgan fingerprint density at radius 2 is 1.67 bits per heavy atom. The first-order valence-corrected chi connectivity index (χ1v) is 6.33. The molecule has 2 nitrogen and oxygen atoms in total. The summed E-state index contributed by atoms with van der Waals surface area (Å²) in [5.74, 6) is -0.0137. The van der Waals surface area contributed by atoms with Crippen LogP contribution in [0.2, 0.25) is 0 Å². The van der Waals surface area contributed by atoms with E-state index in [1.54, 1.807) is 18.3 Å². The van der Waals surface area contributed by atoms with Crippen molar-refractivity contribution in [2.24, 2.45) is 0 Å². The van der Waals surface area contributed by atoms with Crippen LogP contribution in [0.1, 0.15) is 10.4 Å². The molecule has 0 aromatic heterocycles. The van der Waals surface area contributed by atoms with Crippen LogP contribution in [0.25, 0.3) is 0 Å². The molecule has 1 N–H and O–H groups in total. The van der Waals surface area contributed by atoms with E-state index in [0.29, 0.717) is 5.56 Å². The van der Waals surface area contributed by atoms with Gasteiger partial charge in [0.05, 0.1) is 0 Å². The molecule has 0 saturated heterocycles. The van der Waals surface area contributed by atoms with Crippen molar-refractivity contribution in [1.29, 1.82) is 0 Å². The van der Waals surface area contributed by atoms with Crippen molar-refractivity contribution in [3.63, 3.8) is 0 Å². The number of halogens is 1. The van der Waals surface area contributed by atoms with Gasteiger partial charge < -0.3 is 5.32 Å². The van der Waals surface area contributed by atoms with Crippen LogP contribution in [-0.2, 0) is 0 Å². The molecule has 2 aromatic carbocycles. The molecular formula is C15H12BrNO. The first kappa shape index (κ1) is 12.6. The number of benzene rings is 2. The summed E-state index contributed by atoms with van der Waals surface area (Å²) in [7, 11) is 0. The molecule has 18 heavy (non-hydrogen) atoms. The lowest BCUT2D eigenvalue weighted by atomic mass is 10.1. The van der Waals surface area contributed by atoms with Gasteiger partial charge >= 0.3 is 0 Å². The van der Waals surface area contributed by atoms with Crippen LogP contribution in [0, 0.1) is 0 Å². The summed E-state index contributed by atoms with van der Waals surface area (Å²) in [5, 5.41) is 3.05. The topological polar surface area (TPSA) is 29.1 Å². The first-order valence-electron chi connectivity index (χ1n) is 5.54. The summed E-state index contributed by atoms with van der Waals surface area (Å²) in [6.45, 7) is 0. The molecule has 2 rings (SSSR count). The third kappa shape index (κ3) is 3.57. The average Bonchev–Trinajstić information content (AvgIpc) is 2.42. The Balaban J connectivity index is 1.96. The highest BCUT2D eigenvalue weighted by atomic mass is 79.9. The summed E-state index contributed by atoms with van der Waals surface area (Å²) in [6, 6.07) is 16.9. The van der Waals surface area contributed by atoms with Gasteiger partial charge in [-0.05, 0) is 24.3 Å². The van der Waals surface area contributed by atoms with Crippen molar-refractivity contribution in [3.05, 3.63) is 76.9 Å². The molecule has 0 aliphatic carbocycles. The highest BCUT2D eigenvalue weighted by molar-refractivity contribution is 9.10. The predicted molar refractivity (Wildman–Crippen MR) is 77.7 cm³/mol. The number of hydrogen-bond donors (Lipinski definition) is 1. The maximum absolute atomic E-state index is 11.8. The van der Waals surface area contributed by atoms with E-state index in [0.717, 1.165) is 10.2 Å². The number of allylic oxidation sites excluding steroid dienone is 1. The highest BCUT2D eigenvalue weighted by Gasteiger charge is 1.98. The zero-order chi connectivity index (χ0) is 12.8. The fraction of sp³-hybridized carbons (Fsp3) is 0. The summed E-state index contributed by atoms with van der Waals surface area (Å²) in [5.41, 5.74) is 1.63. The Bertz CT molecular complexity index is 546. The van der Waals surface area contributed by atoms with Crippen molar-refractivity contribution >= 4 is 27.4 Å². The van der Waals surface area contributed by atoms with E-state index in [4.69, 9.17) is 0 Å². The summed E-state index contributed by atoms with van der Waals surface area (Å²) >= 11 is 3.37. The van der Waals surface area contributed by atoms with Crippen molar-refractivity contribution in [3.8, 4) is 0 Å². The highest BCUT2D eigenvalue weighted by Crippen LogP contribution is 2.14. The van der Waals surface area contributed by atoms with E-state index < -0.39 is 0 Å². The van der Waals surface area contributed by atoms with Gasteiger partial charge in [0.25, 0.3) is 0 Å². The van der Waals surface area contributed by atoms with Gasteiger partial charge in [0, 0.05) is 28.0 Å². The Hall–Kier alpha value is -1.87. The number of anilines is 1. The predicted octanol–water partition coefficient (Wildman–Crippen LogP) is 4.26. The van der Waals surface area contributed by atoms with Crippen LogP contribution in [0.4, 0.5) is 5.69 Å². The van der Waals surface area contributed by atoms with Crippen molar-refractivity contribution in [2.45, 2.75) is 0 Å². The number of carbonyl (C=O) groups excluding carboxylic acids is 1. The zero-order valence-corrected chi connectivity index (χ0v) is 11.2. The fourth-order valence-corrected chi connectivity index (χ4v) is 1.72. The molecule has 90 valence electrons. The minimum Gasteiger partial charge on any atom is -0.362 e. The van der Waals surface area contributed by atoms with Crippen molar-refractivity contribution < 1.29 is 4.79 Å². The van der Waals surface area contributed by atoms with Gasteiger partial charge in [-0.25, -0.2) is 0 Å². The summed E-state index contributed by atoms with van der Waals surface area (Å²) < 4.78 is 1.03. The molecule has 0 unspecified atom stereocenters. The van der Waals surface area contributed by atoms with Crippen LogP contribution in [0.3, 0.4) is 0 Å². The van der Waals surface area contributed by atoms with Crippen molar-refractivity contribution in [2.75, 3.05) is 5.32 Å². The quantitative estimate of drug-likeness (QED) is 0.675. The second-order valence-corrected chi connectivity index (χ2v) is 4.63. The summed E-state index contributed by atoms with van der Waals surface area (Å²) in [6.07, 6.45) is 3.18. The SMILES string of the molecule is O=C(C=CNc1ccc(Br)cc1)c1ccccc1. The van der Waals surface area contributed by atoms with Gasteiger partial charge in [-0.3, -0.25) is 4.79 Å². The van der Waals surface area contributed by atoms with Crippen LogP contribution in [0.5, 0.6) is 0 Å². The molecule has 0 radical (unpaired) electrons. The number of rotatable bonds is 4. The Kier molecular flexibility index (Phi) is 4.31.